The third-order valence-corrected chi connectivity index (χ3v) is 4.59. The molecule has 2 aromatic carbocycles. The topological polar surface area (TPSA) is 55.4 Å². The summed E-state index contributed by atoms with van der Waals surface area (Å²) in [6.07, 6.45) is 5.75. The Morgan fingerprint density at radius 1 is 1.12 bits per heavy atom. The van der Waals surface area contributed by atoms with Crippen molar-refractivity contribution in [3.05, 3.63) is 71.3 Å². The summed E-state index contributed by atoms with van der Waals surface area (Å²) >= 11 is 1.66. The standard InChI is InChI=1S/C21H23NO3S/c1-16-5-3-4-6-18(16)13-14-22-20(23)15-25-21(24)12-9-17-7-10-19(26-2)11-8-17/h3-12H,13-15H2,1-2H3,(H,22,23)/b12-9+. The quantitative estimate of drug-likeness (QED) is 0.439. The van der Waals surface area contributed by atoms with Crippen molar-refractivity contribution in [2.24, 2.45) is 0 Å². The first-order valence-corrected chi connectivity index (χ1v) is 9.61. The van der Waals surface area contributed by atoms with E-state index in [-0.39, 0.29) is 12.5 Å². The zero-order valence-corrected chi connectivity index (χ0v) is 15.8. The molecule has 0 saturated carbocycles. The Morgan fingerprint density at radius 3 is 2.54 bits per heavy atom. The van der Waals surface area contributed by atoms with E-state index in [1.165, 1.54) is 17.2 Å². The first-order chi connectivity index (χ1) is 12.6. The lowest BCUT2D eigenvalue weighted by Crippen LogP contribution is -2.30. The summed E-state index contributed by atoms with van der Waals surface area (Å²) in [5.41, 5.74) is 3.30. The first kappa shape index (κ1) is 19.8. The number of benzene rings is 2. The number of hydrogen-bond acceptors (Lipinski definition) is 4. The number of nitrogens with one attached hydrogen (secondary N) is 1. The predicted octanol–water partition coefficient (Wildman–Crippen LogP) is 3.63. The summed E-state index contributed by atoms with van der Waals surface area (Å²) in [5.74, 6) is -0.836. The van der Waals surface area contributed by atoms with Crippen LogP contribution < -0.4 is 5.32 Å². The maximum atomic E-state index is 11.8. The molecular weight excluding hydrogens is 346 g/mol. The van der Waals surface area contributed by atoms with Crippen LogP contribution >= 0.6 is 11.8 Å². The molecule has 0 unspecified atom stereocenters. The average Bonchev–Trinajstić information content (AvgIpc) is 2.66. The summed E-state index contributed by atoms with van der Waals surface area (Å²) in [5, 5.41) is 2.76. The van der Waals surface area contributed by atoms with Crippen LogP contribution in [0.3, 0.4) is 0 Å². The molecule has 26 heavy (non-hydrogen) atoms. The molecule has 0 aliphatic carbocycles. The third-order valence-electron chi connectivity index (χ3n) is 3.85. The van der Waals surface area contributed by atoms with Gasteiger partial charge < -0.3 is 10.1 Å². The fourth-order valence-electron chi connectivity index (χ4n) is 2.34. The molecule has 1 N–H and O–H groups in total. The Bertz CT molecular complexity index is 769. The zero-order valence-electron chi connectivity index (χ0n) is 15.0. The molecule has 0 bridgehead atoms. The number of thioether (sulfide) groups is 1. The van der Waals surface area contributed by atoms with Gasteiger partial charge in [-0.05, 0) is 54.5 Å². The van der Waals surface area contributed by atoms with E-state index >= 15 is 0 Å². The lowest BCUT2D eigenvalue weighted by Gasteiger charge is -2.07. The van der Waals surface area contributed by atoms with Crippen LogP contribution in [0.25, 0.3) is 6.08 Å². The van der Waals surface area contributed by atoms with Gasteiger partial charge in [-0.3, -0.25) is 4.79 Å². The van der Waals surface area contributed by atoms with Crippen LogP contribution in [0.2, 0.25) is 0 Å². The first-order valence-electron chi connectivity index (χ1n) is 8.38. The smallest absolute Gasteiger partial charge is 0.331 e. The number of amides is 1. The SMILES string of the molecule is CSc1ccc(/C=C/C(=O)OCC(=O)NCCc2ccccc2C)cc1. The summed E-state index contributed by atoms with van der Waals surface area (Å²) < 4.78 is 4.96. The molecule has 0 radical (unpaired) electrons. The van der Waals surface area contributed by atoms with Crippen molar-refractivity contribution >= 4 is 29.7 Å². The predicted molar refractivity (Wildman–Crippen MR) is 106 cm³/mol. The number of rotatable bonds is 8. The molecule has 1 amide bonds. The molecule has 136 valence electrons. The fraction of sp³-hybridized carbons (Fsp3) is 0.238. The van der Waals surface area contributed by atoms with Crippen molar-refractivity contribution in [2.45, 2.75) is 18.2 Å². The van der Waals surface area contributed by atoms with Crippen LogP contribution in [-0.2, 0) is 20.7 Å². The maximum Gasteiger partial charge on any atom is 0.331 e. The molecule has 0 aromatic heterocycles. The number of aryl methyl sites for hydroxylation is 1. The highest BCUT2D eigenvalue weighted by atomic mass is 32.2. The van der Waals surface area contributed by atoms with E-state index in [1.54, 1.807) is 17.8 Å². The molecular formula is C21H23NO3S. The van der Waals surface area contributed by atoms with Crippen molar-refractivity contribution < 1.29 is 14.3 Å². The van der Waals surface area contributed by atoms with Gasteiger partial charge in [-0.15, -0.1) is 11.8 Å². The van der Waals surface area contributed by atoms with E-state index in [0.29, 0.717) is 6.54 Å². The van der Waals surface area contributed by atoms with E-state index in [2.05, 4.69) is 5.32 Å². The van der Waals surface area contributed by atoms with Crippen LogP contribution in [0.1, 0.15) is 16.7 Å². The Balaban J connectivity index is 1.68. The molecule has 0 saturated heterocycles. The lowest BCUT2D eigenvalue weighted by molar-refractivity contribution is -0.143. The third kappa shape index (κ3) is 6.76. The molecule has 0 spiro atoms. The Kier molecular flexibility index (Phi) is 7.96. The van der Waals surface area contributed by atoms with E-state index in [1.807, 2.05) is 61.7 Å². The molecule has 2 rings (SSSR count). The Labute approximate surface area is 158 Å². The number of esters is 1. The van der Waals surface area contributed by atoms with Crippen LogP contribution in [0.15, 0.2) is 59.5 Å². The fourth-order valence-corrected chi connectivity index (χ4v) is 2.75. The molecule has 0 aliphatic rings. The minimum absolute atomic E-state index is 0.275. The van der Waals surface area contributed by atoms with Gasteiger partial charge in [-0.1, -0.05) is 36.4 Å². The van der Waals surface area contributed by atoms with Gasteiger partial charge >= 0.3 is 5.97 Å². The van der Waals surface area contributed by atoms with Gasteiger partial charge in [0.1, 0.15) is 0 Å². The van der Waals surface area contributed by atoms with Crippen molar-refractivity contribution in [2.75, 3.05) is 19.4 Å². The van der Waals surface area contributed by atoms with E-state index in [0.717, 1.165) is 16.9 Å². The Morgan fingerprint density at radius 2 is 1.85 bits per heavy atom. The van der Waals surface area contributed by atoms with Gasteiger partial charge in [0.2, 0.25) is 0 Å². The second-order valence-electron chi connectivity index (χ2n) is 5.74. The van der Waals surface area contributed by atoms with Crippen LogP contribution in [-0.4, -0.2) is 31.3 Å². The molecule has 0 atom stereocenters. The van der Waals surface area contributed by atoms with E-state index in [4.69, 9.17) is 4.74 Å². The highest BCUT2D eigenvalue weighted by Gasteiger charge is 2.05. The monoisotopic (exact) mass is 369 g/mol. The molecule has 2 aromatic rings. The average molecular weight is 369 g/mol. The number of carbonyl (C=O) groups is 2. The molecule has 4 nitrogen and oxygen atoms in total. The van der Waals surface area contributed by atoms with Gasteiger partial charge in [0, 0.05) is 17.5 Å². The second-order valence-corrected chi connectivity index (χ2v) is 6.62. The van der Waals surface area contributed by atoms with Gasteiger partial charge in [-0.2, -0.15) is 0 Å². The number of ether oxygens (including phenoxy) is 1. The van der Waals surface area contributed by atoms with Crippen LogP contribution in [0.5, 0.6) is 0 Å². The van der Waals surface area contributed by atoms with Crippen LogP contribution in [0.4, 0.5) is 0 Å². The van der Waals surface area contributed by atoms with Crippen molar-refractivity contribution in [3.8, 4) is 0 Å². The normalized spacial score (nSPS) is 10.7. The lowest BCUT2D eigenvalue weighted by atomic mass is 10.1. The summed E-state index contributed by atoms with van der Waals surface area (Å²) in [6.45, 7) is 2.28. The van der Waals surface area contributed by atoms with Gasteiger partial charge in [0.25, 0.3) is 5.91 Å². The summed E-state index contributed by atoms with van der Waals surface area (Å²) in [6, 6.07) is 15.9. The van der Waals surface area contributed by atoms with Crippen LogP contribution in [0, 0.1) is 6.92 Å². The molecule has 0 fully saturated rings. The van der Waals surface area contributed by atoms with Gasteiger partial charge in [-0.25, -0.2) is 4.79 Å². The maximum absolute atomic E-state index is 11.8. The van der Waals surface area contributed by atoms with Gasteiger partial charge in [0.05, 0.1) is 0 Å². The highest BCUT2D eigenvalue weighted by molar-refractivity contribution is 7.98. The highest BCUT2D eigenvalue weighted by Crippen LogP contribution is 2.15. The summed E-state index contributed by atoms with van der Waals surface area (Å²) in [4.78, 5) is 24.6. The number of hydrogen-bond donors (Lipinski definition) is 1. The van der Waals surface area contributed by atoms with E-state index < -0.39 is 5.97 Å². The largest absolute Gasteiger partial charge is 0.452 e. The van der Waals surface area contributed by atoms with E-state index in [9.17, 15) is 9.59 Å². The molecule has 0 aliphatic heterocycles. The summed E-state index contributed by atoms with van der Waals surface area (Å²) in [7, 11) is 0. The number of carbonyl (C=O) groups excluding carboxylic acids is 2. The zero-order chi connectivity index (χ0) is 18.8. The molecule has 5 heteroatoms. The van der Waals surface area contributed by atoms with Crippen molar-refractivity contribution in [1.29, 1.82) is 0 Å². The second kappa shape index (κ2) is 10.5. The van der Waals surface area contributed by atoms with Crippen molar-refractivity contribution in [3.63, 3.8) is 0 Å². The van der Waals surface area contributed by atoms with Crippen molar-refractivity contribution in [1.82, 2.24) is 5.32 Å². The Hall–Kier alpha value is -2.53. The minimum atomic E-state index is -0.534. The molecule has 0 heterocycles. The minimum Gasteiger partial charge on any atom is -0.452 e. The van der Waals surface area contributed by atoms with Gasteiger partial charge in [0.15, 0.2) is 6.61 Å².